The number of nitrogens with one attached hydrogen (secondary N) is 1. The van der Waals surface area contributed by atoms with Gasteiger partial charge >= 0.3 is 0 Å². The van der Waals surface area contributed by atoms with Gasteiger partial charge in [-0.15, -0.1) is 5.10 Å². The van der Waals surface area contributed by atoms with E-state index >= 15 is 0 Å². The van der Waals surface area contributed by atoms with Crippen LogP contribution in [0.15, 0.2) is 54.7 Å². The van der Waals surface area contributed by atoms with Gasteiger partial charge in [-0.3, -0.25) is 4.79 Å². The van der Waals surface area contributed by atoms with Crippen molar-refractivity contribution in [2.24, 2.45) is 0 Å². The van der Waals surface area contributed by atoms with Gasteiger partial charge < -0.3 is 5.32 Å². The van der Waals surface area contributed by atoms with Crippen molar-refractivity contribution in [3.63, 3.8) is 0 Å². The lowest BCUT2D eigenvalue weighted by Crippen LogP contribution is -2.13. The maximum Gasteiger partial charge on any atom is 0.277 e. The van der Waals surface area contributed by atoms with Crippen LogP contribution in [0.4, 0.5) is 5.69 Å². The van der Waals surface area contributed by atoms with Crippen molar-refractivity contribution in [3.8, 4) is 5.69 Å². The summed E-state index contributed by atoms with van der Waals surface area (Å²) in [7, 11) is 0. The van der Waals surface area contributed by atoms with Crippen LogP contribution < -0.4 is 5.32 Å². The molecule has 1 N–H and O–H groups in total. The van der Waals surface area contributed by atoms with Gasteiger partial charge in [0.05, 0.1) is 11.9 Å². The highest BCUT2D eigenvalue weighted by molar-refractivity contribution is 6.03. The highest BCUT2D eigenvalue weighted by Gasteiger charge is 2.12. The van der Waals surface area contributed by atoms with Crippen LogP contribution in [0.3, 0.4) is 0 Å². The molecule has 5 nitrogen and oxygen atoms in total. The molecule has 0 aliphatic carbocycles. The van der Waals surface area contributed by atoms with Crippen LogP contribution in [-0.4, -0.2) is 20.9 Å². The number of aromatic nitrogens is 3. The van der Waals surface area contributed by atoms with Gasteiger partial charge in [-0.25, -0.2) is 4.68 Å². The molecule has 5 heteroatoms. The first-order chi connectivity index (χ1) is 10.6. The predicted molar refractivity (Wildman–Crippen MR) is 85.2 cm³/mol. The topological polar surface area (TPSA) is 59.8 Å². The number of anilines is 1. The number of amides is 1. The van der Waals surface area contributed by atoms with Crippen molar-refractivity contribution >= 4 is 11.6 Å². The summed E-state index contributed by atoms with van der Waals surface area (Å²) in [5, 5.41) is 10.8. The molecule has 1 heterocycles. The zero-order valence-corrected chi connectivity index (χ0v) is 12.4. The molecule has 0 saturated carbocycles. The van der Waals surface area contributed by atoms with E-state index in [1.165, 1.54) is 0 Å². The van der Waals surface area contributed by atoms with Crippen molar-refractivity contribution in [1.82, 2.24) is 15.0 Å². The fourth-order valence-electron chi connectivity index (χ4n) is 2.13. The molecule has 3 aromatic rings. The fraction of sp³-hybridized carbons (Fsp3) is 0.118. The molecule has 3 rings (SSSR count). The molecule has 0 aliphatic heterocycles. The smallest absolute Gasteiger partial charge is 0.277 e. The summed E-state index contributed by atoms with van der Waals surface area (Å²) in [5.41, 5.74) is 4.04. The molecule has 0 saturated heterocycles. The van der Waals surface area contributed by atoms with Gasteiger partial charge in [-0.05, 0) is 43.2 Å². The first kappa shape index (κ1) is 14.0. The van der Waals surface area contributed by atoms with E-state index < -0.39 is 0 Å². The molecule has 0 fully saturated rings. The van der Waals surface area contributed by atoms with Crippen molar-refractivity contribution in [2.75, 3.05) is 5.32 Å². The first-order valence-corrected chi connectivity index (χ1v) is 7.00. The molecular weight excluding hydrogens is 276 g/mol. The Morgan fingerprint density at radius 2 is 1.86 bits per heavy atom. The quantitative estimate of drug-likeness (QED) is 0.806. The second-order valence-corrected chi connectivity index (χ2v) is 5.16. The lowest BCUT2D eigenvalue weighted by atomic mass is 10.1. The minimum atomic E-state index is -0.268. The molecule has 0 bridgehead atoms. The molecule has 0 atom stereocenters. The summed E-state index contributed by atoms with van der Waals surface area (Å²) in [4.78, 5) is 12.3. The standard InChI is InChI=1S/C17H16N4O/c1-12-8-9-13(2)15(10-12)18-17(22)16-11-21(20-19-16)14-6-4-3-5-7-14/h3-11H,1-2H3,(H,18,22). The number of para-hydroxylation sites is 1. The van der Waals surface area contributed by atoms with E-state index in [4.69, 9.17) is 0 Å². The van der Waals surface area contributed by atoms with E-state index in [9.17, 15) is 4.79 Å². The molecular formula is C17H16N4O. The Labute approximate surface area is 128 Å². The minimum Gasteiger partial charge on any atom is -0.320 e. The van der Waals surface area contributed by atoms with Crippen LogP contribution in [0, 0.1) is 13.8 Å². The van der Waals surface area contributed by atoms with E-state index in [1.807, 2.05) is 62.4 Å². The zero-order chi connectivity index (χ0) is 15.5. The largest absolute Gasteiger partial charge is 0.320 e. The van der Waals surface area contributed by atoms with Gasteiger partial charge in [-0.1, -0.05) is 35.5 Å². The van der Waals surface area contributed by atoms with Crippen molar-refractivity contribution in [3.05, 3.63) is 71.5 Å². The van der Waals surface area contributed by atoms with Crippen molar-refractivity contribution in [1.29, 1.82) is 0 Å². The maximum absolute atomic E-state index is 12.3. The molecule has 0 spiro atoms. The van der Waals surface area contributed by atoms with Crippen LogP contribution in [0.2, 0.25) is 0 Å². The molecule has 1 amide bonds. The van der Waals surface area contributed by atoms with Crippen LogP contribution in [0.1, 0.15) is 21.6 Å². The zero-order valence-electron chi connectivity index (χ0n) is 12.4. The monoisotopic (exact) mass is 292 g/mol. The number of rotatable bonds is 3. The molecule has 0 radical (unpaired) electrons. The number of benzene rings is 2. The highest BCUT2D eigenvalue weighted by Crippen LogP contribution is 2.17. The third-order valence-electron chi connectivity index (χ3n) is 3.39. The van der Waals surface area contributed by atoms with Gasteiger partial charge in [0.1, 0.15) is 0 Å². The molecule has 1 aromatic heterocycles. The average molecular weight is 292 g/mol. The second kappa shape index (κ2) is 5.81. The third kappa shape index (κ3) is 2.88. The third-order valence-corrected chi connectivity index (χ3v) is 3.39. The molecule has 0 aliphatic rings. The first-order valence-electron chi connectivity index (χ1n) is 7.00. The SMILES string of the molecule is Cc1ccc(C)c(NC(=O)c2cn(-c3ccccc3)nn2)c1. The summed E-state index contributed by atoms with van der Waals surface area (Å²) >= 11 is 0. The van der Waals surface area contributed by atoms with Gasteiger partial charge in [0.15, 0.2) is 5.69 Å². The fourth-order valence-corrected chi connectivity index (χ4v) is 2.13. The van der Waals surface area contributed by atoms with Crippen molar-refractivity contribution in [2.45, 2.75) is 13.8 Å². The Morgan fingerprint density at radius 1 is 1.09 bits per heavy atom. The normalized spacial score (nSPS) is 10.5. The van der Waals surface area contributed by atoms with E-state index in [1.54, 1.807) is 10.9 Å². The average Bonchev–Trinajstić information content (AvgIpc) is 3.02. The Kier molecular flexibility index (Phi) is 3.70. The van der Waals surface area contributed by atoms with E-state index in [-0.39, 0.29) is 11.6 Å². The van der Waals surface area contributed by atoms with E-state index in [0.29, 0.717) is 0 Å². The molecule has 2 aromatic carbocycles. The van der Waals surface area contributed by atoms with Crippen LogP contribution >= 0.6 is 0 Å². The Hall–Kier alpha value is -2.95. The van der Waals surface area contributed by atoms with Crippen molar-refractivity contribution < 1.29 is 4.79 Å². The van der Waals surface area contributed by atoms with Gasteiger partial charge in [0.2, 0.25) is 0 Å². The van der Waals surface area contributed by atoms with E-state index in [0.717, 1.165) is 22.5 Å². The Morgan fingerprint density at radius 3 is 2.64 bits per heavy atom. The van der Waals surface area contributed by atoms with Crippen LogP contribution in [0.5, 0.6) is 0 Å². The van der Waals surface area contributed by atoms with Crippen LogP contribution in [-0.2, 0) is 0 Å². The lowest BCUT2D eigenvalue weighted by Gasteiger charge is -2.07. The maximum atomic E-state index is 12.3. The number of aryl methyl sites for hydroxylation is 2. The lowest BCUT2D eigenvalue weighted by molar-refractivity contribution is 0.102. The Balaban J connectivity index is 1.81. The Bertz CT molecular complexity index is 809. The summed E-state index contributed by atoms with van der Waals surface area (Å²) in [6.45, 7) is 3.94. The number of carbonyl (C=O) groups is 1. The second-order valence-electron chi connectivity index (χ2n) is 5.16. The molecule has 0 unspecified atom stereocenters. The number of carbonyl (C=O) groups excluding carboxylic acids is 1. The minimum absolute atomic E-state index is 0.268. The van der Waals surface area contributed by atoms with Gasteiger partial charge in [0.25, 0.3) is 5.91 Å². The summed E-state index contributed by atoms with van der Waals surface area (Å²) < 4.78 is 1.58. The summed E-state index contributed by atoms with van der Waals surface area (Å²) in [6, 6.07) is 15.5. The summed E-state index contributed by atoms with van der Waals surface area (Å²) in [6.07, 6.45) is 1.62. The highest BCUT2D eigenvalue weighted by atomic mass is 16.2. The molecule has 110 valence electrons. The number of nitrogens with zero attached hydrogens (tertiary/aromatic N) is 3. The van der Waals surface area contributed by atoms with Gasteiger partial charge in [-0.2, -0.15) is 0 Å². The summed E-state index contributed by atoms with van der Waals surface area (Å²) in [5.74, 6) is -0.268. The molecule has 22 heavy (non-hydrogen) atoms. The van der Waals surface area contributed by atoms with Gasteiger partial charge in [0, 0.05) is 5.69 Å². The predicted octanol–water partition coefficient (Wildman–Crippen LogP) is 3.14. The number of hydrogen-bond donors (Lipinski definition) is 1. The van der Waals surface area contributed by atoms with Crippen LogP contribution in [0.25, 0.3) is 5.69 Å². The van der Waals surface area contributed by atoms with E-state index in [2.05, 4.69) is 15.6 Å². The number of hydrogen-bond acceptors (Lipinski definition) is 3.